The van der Waals surface area contributed by atoms with Crippen LogP contribution in [0.1, 0.15) is 11.1 Å². The molecule has 0 radical (unpaired) electrons. The number of methoxy groups -OCH3 is 1. The molecule has 1 heterocycles. The third-order valence-corrected chi connectivity index (χ3v) is 2.20. The van der Waals surface area contributed by atoms with Gasteiger partial charge in [0.1, 0.15) is 5.15 Å². The Hall–Kier alpha value is -0.470. The van der Waals surface area contributed by atoms with Gasteiger partial charge in [0.15, 0.2) is 0 Å². The predicted octanol–water partition coefficient (Wildman–Crippen LogP) is 2.79. The van der Waals surface area contributed by atoms with E-state index in [4.69, 9.17) is 27.9 Å². The lowest BCUT2D eigenvalue weighted by Crippen LogP contribution is -1.95. The van der Waals surface area contributed by atoms with Gasteiger partial charge in [-0.2, -0.15) is 0 Å². The van der Waals surface area contributed by atoms with E-state index in [1.54, 1.807) is 7.11 Å². The fraction of sp³-hybridized carbons (Fsp3) is 0.375. The van der Waals surface area contributed by atoms with Crippen molar-refractivity contribution in [3.05, 3.63) is 22.3 Å². The minimum Gasteiger partial charge on any atom is -0.481 e. The molecular weight excluding hydrogens is 197 g/mol. The quantitative estimate of drug-likeness (QED) is 0.548. The van der Waals surface area contributed by atoms with E-state index in [2.05, 4.69) is 4.98 Å². The molecule has 0 aromatic carbocycles. The minimum absolute atomic E-state index is 0.383. The molecule has 12 heavy (non-hydrogen) atoms. The molecule has 1 aromatic heterocycles. The number of nitrogens with zero attached hydrogens (tertiary/aromatic N) is 1. The molecule has 1 rings (SSSR count). The van der Waals surface area contributed by atoms with E-state index in [1.165, 1.54) is 0 Å². The van der Waals surface area contributed by atoms with Crippen LogP contribution in [-0.4, -0.2) is 12.1 Å². The average Bonchev–Trinajstić information content (AvgIpc) is 2.09. The van der Waals surface area contributed by atoms with Crippen molar-refractivity contribution in [2.24, 2.45) is 0 Å². The van der Waals surface area contributed by atoms with Gasteiger partial charge in [0.2, 0.25) is 5.88 Å². The van der Waals surface area contributed by atoms with Crippen molar-refractivity contribution in [2.45, 2.75) is 12.8 Å². The molecule has 2 nitrogen and oxygen atoms in total. The van der Waals surface area contributed by atoms with E-state index in [0.29, 0.717) is 16.9 Å². The van der Waals surface area contributed by atoms with Crippen LogP contribution in [0.2, 0.25) is 5.15 Å². The summed E-state index contributed by atoms with van der Waals surface area (Å²) in [5.41, 5.74) is 1.77. The Morgan fingerprint density at radius 3 is 2.75 bits per heavy atom. The fourth-order valence-electron chi connectivity index (χ4n) is 0.904. The van der Waals surface area contributed by atoms with Crippen LogP contribution in [0.5, 0.6) is 5.88 Å². The minimum atomic E-state index is 0.383. The van der Waals surface area contributed by atoms with Crippen molar-refractivity contribution in [1.82, 2.24) is 4.98 Å². The fourth-order valence-corrected chi connectivity index (χ4v) is 1.23. The van der Waals surface area contributed by atoms with Gasteiger partial charge in [0.25, 0.3) is 0 Å². The maximum absolute atomic E-state index is 5.79. The van der Waals surface area contributed by atoms with Gasteiger partial charge in [0, 0.05) is 5.56 Å². The Morgan fingerprint density at radius 2 is 2.25 bits per heavy atom. The molecule has 0 amide bonds. The van der Waals surface area contributed by atoms with E-state index in [1.807, 2.05) is 13.0 Å². The number of hydrogen-bond donors (Lipinski definition) is 0. The SMILES string of the molecule is COc1nc(Cl)c(C)cc1CCl. The zero-order valence-electron chi connectivity index (χ0n) is 6.90. The molecule has 4 heteroatoms. The van der Waals surface area contributed by atoms with Crippen LogP contribution in [0.15, 0.2) is 6.07 Å². The topological polar surface area (TPSA) is 22.1 Å². The molecule has 0 saturated carbocycles. The lowest BCUT2D eigenvalue weighted by atomic mass is 10.2. The van der Waals surface area contributed by atoms with Crippen molar-refractivity contribution in [3.8, 4) is 5.88 Å². The smallest absolute Gasteiger partial charge is 0.218 e. The molecule has 0 fully saturated rings. The van der Waals surface area contributed by atoms with Crippen molar-refractivity contribution >= 4 is 23.2 Å². The normalized spacial score (nSPS) is 10.0. The summed E-state index contributed by atoms with van der Waals surface area (Å²) in [7, 11) is 1.55. The highest BCUT2D eigenvalue weighted by molar-refractivity contribution is 6.30. The molecule has 0 bridgehead atoms. The molecule has 0 spiro atoms. The lowest BCUT2D eigenvalue weighted by molar-refractivity contribution is 0.394. The molecule has 66 valence electrons. The van der Waals surface area contributed by atoms with Crippen molar-refractivity contribution < 1.29 is 4.74 Å². The number of rotatable bonds is 2. The van der Waals surface area contributed by atoms with E-state index in [-0.39, 0.29) is 0 Å². The van der Waals surface area contributed by atoms with Gasteiger partial charge >= 0.3 is 0 Å². The average molecular weight is 206 g/mol. The summed E-state index contributed by atoms with van der Waals surface area (Å²) in [6.45, 7) is 1.88. The van der Waals surface area contributed by atoms with Gasteiger partial charge in [-0.1, -0.05) is 11.6 Å². The first-order chi connectivity index (χ1) is 5.69. The molecule has 0 aliphatic carbocycles. The molecular formula is C8H9Cl2NO. The second kappa shape index (κ2) is 3.97. The van der Waals surface area contributed by atoms with Crippen molar-refractivity contribution in [2.75, 3.05) is 7.11 Å². The molecule has 0 N–H and O–H groups in total. The summed E-state index contributed by atoms with van der Waals surface area (Å²) < 4.78 is 4.99. The van der Waals surface area contributed by atoms with E-state index >= 15 is 0 Å². The Labute approximate surface area is 81.5 Å². The third-order valence-electron chi connectivity index (χ3n) is 1.53. The highest BCUT2D eigenvalue weighted by atomic mass is 35.5. The van der Waals surface area contributed by atoms with E-state index < -0.39 is 0 Å². The number of aryl methyl sites for hydroxylation is 1. The number of ether oxygens (including phenoxy) is 1. The van der Waals surface area contributed by atoms with Crippen molar-refractivity contribution in [1.29, 1.82) is 0 Å². The highest BCUT2D eigenvalue weighted by Gasteiger charge is 2.06. The summed E-state index contributed by atoms with van der Waals surface area (Å²) in [6.07, 6.45) is 0. The summed E-state index contributed by atoms with van der Waals surface area (Å²) in [4.78, 5) is 4.02. The molecule has 0 saturated heterocycles. The third kappa shape index (κ3) is 1.82. The monoisotopic (exact) mass is 205 g/mol. The first kappa shape index (κ1) is 9.62. The maximum atomic E-state index is 5.79. The van der Waals surface area contributed by atoms with Gasteiger partial charge in [-0.05, 0) is 18.6 Å². The maximum Gasteiger partial charge on any atom is 0.218 e. The van der Waals surface area contributed by atoms with Gasteiger partial charge in [-0.15, -0.1) is 11.6 Å². The second-order valence-electron chi connectivity index (χ2n) is 2.40. The van der Waals surface area contributed by atoms with Gasteiger partial charge in [0.05, 0.1) is 13.0 Å². The number of hydrogen-bond acceptors (Lipinski definition) is 2. The zero-order valence-corrected chi connectivity index (χ0v) is 8.41. The molecule has 0 unspecified atom stereocenters. The summed E-state index contributed by atoms with van der Waals surface area (Å²) in [6, 6.07) is 1.88. The Morgan fingerprint density at radius 1 is 1.58 bits per heavy atom. The summed E-state index contributed by atoms with van der Waals surface area (Å²) in [5, 5.41) is 0.459. The van der Waals surface area contributed by atoms with Gasteiger partial charge in [-0.25, -0.2) is 4.98 Å². The molecule has 1 aromatic rings. The Bertz CT molecular complexity index is 260. The van der Waals surface area contributed by atoms with Gasteiger partial charge < -0.3 is 4.74 Å². The second-order valence-corrected chi connectivity index (χ2v) is 3.02. The Kier molecular flexibility index (Phi) is 3.18. The standard InChI is InChI=1S/C8H9Cl2NO/c1-5-3-6(4-9)8(12-2)11-7(5)10/h3H,4H2,1-2H3. The van der Waals surface area contributed by atoms with Crippen LogP contribution in [-0.2, 0) is 5.88 Å². The van der Waals surface area contributed by atoms with Crippen LogP contribution >= 0.6 is 23.2 Å². The predicted molar refractivity (Wildman–Crippen MR) is 50.1 cm³/mol. The number of pyridine rings is 1. The first-order valence-electron chi connectivity index (χ1n) is 3.45. The number of halogens is 2. The lowest BCUT2D eigenvalue weighted by Gasteiger charge is -2.06. The van der Waals surface area contributed by atoms with Crippen LogP contribution in [0, 0.1) is 6.92 Å². The molecule has 0 aliphatic heterocycles. The largest absolute Gasteiger partial charge is 0.481 e. The van der Waals surface area contributed by atoms with E-state index in [9.17, 15) is 0 Å². The van der Waals surface area contributed by atoms with Crippen molar-refractivity contribution in [3.63, 3.8) is 0 Å². The highest BCUT2D eigenvalue weighted by Crippen LogP contribution is 2.23. The van der Waals surface area contributed by atoms with Crippen LogP contribution in [0.3, 0.4) is 0 Å². The van der Waals surface area contributed by atoms with Crippen LogP contribution < -0.4 is 4.74 Å². The molecule has 0 atom stereocenters. The summed E-state index contributed by atoms with van der Waals surface area (Å²) >= 11 is 11.5. The van der Waals surface area contributed by atoms with E-state index in [0.717, 1.165) is 11.1 Å². The van der Waals surface area contributed by atoms with Crippen LogP contribution in [0.25, 0.3) is 0 Å². The molecule has 0 aliphatic rings. The van der Waals surface area contributed by atoms with Gasteiger partial charge in [-0.3, -0.25) is 0 Å². The number of aromatic nitrogens is 1. The first-order valence-corrected chi connectivity index (χ1v) is 4.36. The Balaban J connectivity index is 3.19. The zero-order chi connectivity index (χ0) is 9.14. The van der Waals surface area contributed by atoms with Crippen LogP contribution in [0.4, 0.5) is 0 Å². The summed E-state index contributed by atoms with van der Waals surface area (Å²) in [5.74, 6) is 0.884. The number of alkyl halides is 1.